The number of rotatable bonds is 3. The summed E-state index contributed by atoms with van der Waals surface area (Å²) in [5, 5.41) is 8.76. The maximum Gasteiger partial charge on any atom is 0.303 e. The van der Waals surface area contributed by atoms with E-state index in [2.05, 4.69) is 11.5 Å². The van der Waals surface area contributed by atoms with Gasteiger partial charge in [0.25, 0.3) is 0 Å². The van der Waals surface area contributed by atoms with Gasteiger partial charge in [0.15, 0.2) is 0 Å². The minimum Gasteiger partial charge on any atom is -0.460 e. The van der Waals surface area contributed by atoms with E-state index in [4.69, 9.17) is 9.99 Å². The average Bonchev–Trinajstić information content (AvgIpc) is 2.16. The predicted molar refractivity (Wildman–Crippen MR) is 59.8 cm³/mol. The average molecular weight is 228 g/mol. The summed E-state index contributed by atoms with van der Waals surface area (Å²) in [4.78, 5) is 15.4. The molecule has 92 valence electrons. The molecule has 0 saturated heterocycles. The van der Waals surface area contributed by atoms with Crippen molar-refractivity contribution in [1.29, 1.82) is 0 Å². The third-order valence-corrected chi connectivity index (χ3v) is 3.29. The van der Waals surface area contributed by atoms with Crippen molar-refractivity contribution in [3.63, 3.8) is 0 Å². The van der Waals surface area contributed by atoms with Crippen LogP contribution in [0.25, 0.3) is 0 Å². The molecule has 0 bridgehead atoms. The SMILES string of the molecule is C=C1CC[C@@H](C(C)(C)OC(C)=O)C[C@H]1OO. The highest BCUT2D eigenvalue weighted by atomic mass is 17.1. The maximum atomic E-state index is 11.0. The Morgan fingerprint density at radius 2 is 2.19 bits per heavy atom. The summed E-state index contributed by atoms with van der Waals surface area (Å²) in [6.45, 7) is 9.04. The quantitative estimate of drug-likeness (QED) is 0.349. The second-order valence-electron chi connectivity index (χ2n) is 4.92. The Bertz CT molecular complexity index is 283. The van der Waals surface area contributed by atoms with Crippen LogP contribution in [0.1, 0.15) is 40.0 Å². The first kappa shape index (κ1) is 13.2. The lowest BCUT2D eigenvalue weighted by molar-refractivity contribution is -0.277. The Kier molecular flexibility index (Phi) is 4.10. The second-order valence-corrected chi connectivity index (χ2v) is 4.92. The third-order valence-electron chi connectivity index (χ3n) is 3.29. The number of esters is 1. The molecule has 0 aliphatic heterocycles. The molecule has 4 nitrogen and oxygen atoms in total. The molecule has 0 unspecified atom stereocenters. The molecule has 0 heterocycles. The first-order chi connectivity index (χ1) is 7.36. The fourth-order valence-corrected chi connectivity index (χ4v) is 2.27. The van der Waals surface area contributed by atoms with Crippen LogP contribution in [-0.2, 0) is 14.4 Å². The van der Waals surface area contributed by atoms with Crippen molar-refractivity contribution in [2.75, 3.05) is 0 Å². The van der Waals surface area contributed by atoms with Crippen molar-refractivity contribution in [2.24, 2.45) is 5.92 Å². The molecule has 0 aromatic rings. The summed E-state index contributed by atoms with van der Waals surface area (Å²) < 4.78 is 5.30. The fourth-order valence-electron chi connectivity index (χ4n) is 2.27. The molecule has 1 aliphatic rings. The van der Waals surface area contributed by atoms with Crippen LogP contribution >= 0.6 is 0 Å². The van der Waals surface area contributed by atoms with Crippen LogP contribution in [0, 0.1) is 5.92 Å². The fraction of sp³-hybridized carbons (Fsp3) is 0.750. The molecule has 1 N–H and O–H groups in total. The van der Waals surface area contributed by atoms with Crippen LogP contribution in [0.3, 0.4) is 0 Å². The predicted octanol–water partition coefficient (Wildman–Crippen LogP) is 2.54. The van der Waals surface area contributed by atoms with Gasteiger partial charge < -0.3 is 4.74 Å². The highest BCUT2D eigenvalue weighted by Gasteiger charge is 2.38. The van der Waals surface area contributed by atoms with Crippen molar-refractivity contribution >= 4 is 5.97 Å². The van der Waals surface area contributed by atoms with Crippen molar-refractivity contribution < 1.29 is 19.7 Å². The Morgan fingerprint density at radius 3 is 2.69 bits per heavy atom. The van der Waals surface area contributed by atoms with Gasteiger partial charge >= 0.3 is 5.97 Å². The van der Waals surface area contributed by atoms with Crippen LogP contribution in [0.4, 0.5) is 0 Å². The van der Waals surface area contributed by atoms with Crippen molar-refractivity contribution in [1.82, 2.24) is 0 Å². The normalized spacial score (nSPS) is 26.6. The number of carbonyl (C=O) groups excluding carboxylic acids is 1. The molecule has 0 aromatic heterocycles. The molecule has 1 aliphatic carbocycles. The molecule has 1 rings (SSSR count). The monoisotopic (exact) mass is 228 g/mol. The molecule has 1 fully saturated rings. The van der Waals surface area contributed by atoms with E-state index in [9.17, 15) is 4.79 Å². The molecule has 1 saturated carbocycles. The van der Waals surface area contributed by atoms with Gasteiger partial charge in [0.05, 0.1) is 0 Å². The van der Waals surface area contributed by atoms with Crippen LogP contribution in [-0.4, -0.2) is 22.9 Å². The number of hydrogen-bond acceptors (Lipinski definition) is 4. The zero-order valence-corrected chi connectivity index (χ0v) is 10.2. The maximum absolute atomic E-state index is 11.0. The largest absolute Gasteiger partial charge is 0.460 e. The Hall–Kier alpha value is -0.870. The van der Waals surface area contributed by atoms with Crippen molar-refractivity contribution in [3.8, 4) is 0 Å². The Morgan fingerprint density at radius 1 is 1.56 bits per heavy atom. The lowest BCUT2D eigenvalue weighted by Crippen LogP contribution is -2.41. The Labute approximate surface area is 96.2 Å². The molecule has 0 spiro atoms. The van der Waals surface area contributed by atoms with Gasteiger partial charge in [-0.3, -0.25) is 10.1 Å². The van der Waals surface area contributed by atoms with Crippen LogP contribution in [0.2, 0.25) is 0 Å². The number of hydrogen-bond donors (Lipinski definition) is 1. The topological polar surface area (TPSA) is 55.8 Å². The molecular formula is C12H20O4. The summed E-state index contributed by atoms with van der Waals surface area (Å²) in [6.07, 6.45) is 1.99. The van der Waals surface area contributed by atoms with Gasteiger partial charge in [0, 0.05) is 12.8 Å². The highest BCUT2D eigenvalue weighted by Crippen LogP contribution is 2.37. The van der Waals surface area contributed by atoms with Gasteiger partial charge in [-0.25, -0.2) is 4.89 Å². The van der Waals surface area contributed by atoms with Gasteiger partial charge in [-0.15, -0.1) is 0 Å². The first-order valence-electron chi connectivity index (χ1n) is 5.54. The van der Waals surface area contributed by atoms with E-state index in [0.29, 0.717) is 6.42 Å². The van der Waals surface area contributed by atoms with Crippen LogP contribution in [0.15, 0.2) is 12.2 Å². The summed E-state index contributed by atoms with van der Waals surface area (Å²) in [6, 6.07) is 0. The van der Waals surface area contributed by atoms with E-state index in [-0.39, 0.29) is 18.0 Å². The van der Waals surface area contributed by atoms with E-state index in [1.807, 2.05) is 13.8 Å². The third kappa shape index (κ3) is 3.06. The molecule has 0 amide bonds. The summed E-state index contributed by atoms with van der Waals surface area (Å²) in [5.41, 5.74) is 0.376. The van der Waals surface area contributed by atoms with E-state index in [1.54, 1.807) is 0 Å². The minimum atomic E-state index is -0.524. The first-order valence-corrected chi connectivity index (χ1v) is 5.54. The van der Waals surface area contributed by atoms with E-state index in [1.165, 1.54) is 6.92 Å². The zero-order chi connectivity index (χ0) is 12.3. The second kappa shape index (κ2) is 4.97. The molecule has 4 heteroatoms. The van der Waals surface area contributed by atoms with Crippen molar-refractivity contribution in [3.05, 3.63) is 12.2 Å². The Balaban J connectivity index is 2.67. The highest BCUT2D eigenvalue weighted by molar-refractivity contribution is 5.66. The lowest BCUT2D eigenvalue weighted by Gasteiger charge is -2.38. The lowest BCUT2D eigenvalue weighted by atomic mass is 9.76. The smallest absolute Gasteiger partial charge is 0.303 e. The standard InChI is InChI=1S/C12H20O4/c1-8-5-6-10(7-11(8)16-14)12(3,4)15-9(2)13/h10-11,14H,1,5-7H2,2-4H3/t10-,11-/m1/s1. The van der Waals surface area contributed by atoms with Gasteiger partial charge in [-0.2, -0.15) is 0 Å². The van der Waals surface area contributed by atoms with Crippen LogP contribution < -0.4 is 0 Å². The summed E-state index contributed by atoms with van der Waals surface area (Å²) in [7, 11) is 0. The van der Waals surface area contributed by atoms with Gasteiger partial charge in [-0.05, 0) is 38.7 Å². The van der Waals surface area contributed by atoms with Crippen LogP contribution in [0.5, 0.6) is 0 Å². The van der Waals surface area contributed by atoms with E-state index in [0.717, 1.165) is 18.4 Å². The minimum absolute atomic E-state index is 0.180. The van der Waals surface area contributed by atoms with E-state index < -0.39 is 5.60 Å². The molecule has 0 radical (unpaired) electrons. The zero-order valence-electron chi connectivity index (χ0n) is 10.2. The van der Waals surface area contributed by atoms with Gasteiger partial charge in [0.2, 0.25) is 0 Å². The van der Waals surface area contributed by atoms with Crippen molar-refractivity contribution in [2.45, 2.75) is 51.7 Å². The molecule has 0 aromatic carbocycles. The number of carbonyl (C=O) groups is 1. The molecule has 2 atom stereocenters. The summed E-state index contributed by atoms with van der Waals surface area (Å²) in [5.74, 6) is -0.102. The van der Waals surface area contributed by atoms with E-state index >= 15 is 0 Å². The summed E-state index contributed by atoms with van der Waals surface area (Å²) >= 11 is 0. The molecule has 16 heavy (non-hydrogen) atoms. The van der Waals surface area contributed by atoms with Gasteiger partial charge in [0.1, 0.15) is 11.7 Å². The van der Waals surface area contributed by atoms with Gasteiger partial charge in [-0.1, -0.05) is 6.58 Å². The number of ether oxygens (including phenoxy) is 1. The molecular weight excluding hydrogens is 208 g/mol.